The first-order valence-electron chi connectivity index (χ1n) is 8.56. The standard InChI is InChI=1S/C21H18Cl2N2O/c1-2-9-25-18-12-16(22)11-17(23)19(18)21(24,20(25)26)15-8-7-13-5-3-4-6-14(13)10-15/h3-8,10-12H,2,9,24H2,1H3. The molecule has 5 heteroatoms. The van der Waals surface area contributed by atoms with Crippen LogP contribution in [0, 0.1) is 0 Å². The maximum Gasteiger partial charge on any atom is 0.256 e. The summed E-state index contributed by atoms with van der Waals surface area (Å²) < 4.78 is 0. The van der Waals surface area contributed by atoms with E-state index in [1.54, 1.807) is 17.0 Å². The van der Waals surface area contributed by atoms with E-state index >= 15 is 0 Å². The smallest absolute Gasteiger partial charge is 0.256 e. The van der Waals surface area contributed by atoms with E-state index in [-0.39, 0.29) is 5.91 Å². The molecule has 1 amide bonds. The number of fused-ring (bicyclic) bond motifs is 2. The first-order chi connectivity index (χ1) is 12.5. The van der Waals surface area contributed by atoms with Gasteiger partial charge in [-0.05, 0) is 41.0 Å². The number of amides is 1. The van der Waals surface area contributed by atoms with Crippen molar-refractivity contribution in [1.82, 2.24) is 0 Å². The van der Waals surface area contributed by atoms with Gasteiger partial charge in [0.25, 0.3) is 5.91 Å². The van der Waals surface area contributed by atoms with E-state index in [2.05, 4.69) is 0 Å². The predicted octanol–water partition coefficient (Wildman–Crippen LogP) is 5.11. The number of nitrogens with zero attached hydrogens (tertiary/aromatic N) is 1. The SMILES string of the molecule is CCCN1C(=O)C(N)(c2ccc3ccccc3c2)c2c(Cl)cc(Cl)cc21. The third-order valence-corrected chi connectivity index (χ3v) is 5.47. The second kappa shape index (κ2) is 6.27. The van der Waals surface area contributed by atoms with Gasteiger partial charge in [0.15, 0.2) is 5.54 Å². The highest BCUT2D eigenvalue weighted by molar-refractivity contribution is 6.37. The average Bonchev–Trinajstić information content (AvgIpc) is 2.84. The van der Waals surface area contributed by atoms with Crippen molar-refractivity contribution in [3.63, 3.8) is 0 Å². The molecule has 0 aliphatic carbocycles. The van der Waals surface area contributed by atoms with Crippen molar-refractivity contribution in [3.8, 4) is 0 Å². The third kappa shape index (κ3) is 2.43. The lowest BCUT2D eigenvalue weighted by Crippen LogP contribution is -2.48. The molecule has 1 unspecified atom stereocenters. The molecule has 132 valence electrons. The number of carbonyl (C=O) groups is 1. The molecule has 1 aliphatic heterocycles. The van der Waals surface area contributed by atoms with Crippen molar-refractivity contribution >= 4 is 45.6 Å². The van der Waals surface area contributed by atoms with Crippen LogP contribution in [0.15, 0.2) is 54.6 Å². The number of nitrogens with two attached hydrogens (primary N) is 1. The molecule has 4 rings (SSSR count). The molecule has 1 aliphatic rings. The quantitative estimate of drug-likeness (QED) is 0.682. The highest BCUT2D eigenvalue weighted by Crippen LogP contribution is 2.48. The Kier molecular flexibility index (Phi) is 4.19. The van der Waals surface area contributed by atoms with Crippen LogP contribution in [0.5, 0.6) is 0 Å². The topological polar surface area (TPSA) is 46.3 Å². The van der Waals surface area contributed by atoms with Crippen molar-refractivity contribution in [2.24, 2.45) is 5.73 Å². The van der Waals surface area contributed by atoms with Gasteiger partial charge >= 0.3 is 0 Å². The summed E-state index contributed by atoms with van der Waals surface area (Å²) in [7, 11) is 0. The lowest BCUT2D eigenvalue weighted by molar-refractivity contribution is -0.121. The van der Waals surface area contributed by atoms with Crippen molar-refractivity contribution in [2.45, 2.75) is 18.9 Å². The highest BCUT2D eigenvalue weighted by atomic mass is 35.5. The molecule has 0 fully saturated rings. The van der Waals surface area contributed by atoms with Crippen LogP contribution in [0.3, 0.4) is 0 Å². The number of benzene rings is 3. The monoisotopic (exact) mass is 384 g/mol. The summed E-state index contributed by atoms with van der Waals surface area (Å²) in [6, 6.07) is 17.3. The van der Waals surface area contributed by atoms with Crippen LogP contribution in [0.4, 0.5) is 5.69 Å². The molecule has 0 spiro atoms. The average molecular weight is 385 g/mol. The van der Waals surface area contributed by atoms with Gasteiger partial charge in [-0.3, -0.25) is 4.79 Å². The van der Waals surface area contributed by atoms with Gasteiger partial charge in [0.1, 0.15) is 0 Å². The van der Waals surface area contributed by atoms with Gasteiger partial charge < -0.3 is 10.6 Å². The Labute approximate surface area is 162 Å². The Morgan fingerprint density at radius 1 is 1.04 bits per heavy atom. The summed E-state index contributed by atoms with van der Waals surface area (Å²) in [5.74, 6) is -0.172. The molecular formula is C21H18Cl2N2O. The molecule has 1 atom stereocenters. The minimum absolute atomic E-state index is 0.172. The van der Waals surface area contributed by atoms with Crippen LogP contribution in [0.1, 0.15) is 24.5 Å². The Balaban J connectivity index is 1.98. The summed E-state index contributed by atoms with van der Waals surface area (Å²) >= 11 is 12.7. The molecule has 0 bridgehead atoms. The number of carbonyl (C=O) groups excluding carboxylic acids is 1. The molecule has 3 aromatic carbocycles. The highest BCUT2D eigenvalue weighted by Gasteiger charge is 2.50. The molecule has 0 saturated heterocycles. The van der Waals surface area contributed by atoms with Gasteiger partial charge in [0, 0.05) is 17.1 Å². The van der Waals surface area contributed by atoms with Crippen molar-refractivity contribution in [3.05, 3.63) is 75.8 Å². The van der Waals surface area contributed by atoms with E-state index in [1.807, 2.05) is 49.4 Å². The summed E-state index contributed by atoms with van der Waals surface area (Å²) in [6.07, 6.45) is 0.809. The number of hydrogen-bond acceptors (Lipinski definition) is 2. The van der Waals surface area contributed by atoms with E-state index in [0.717, 1.165) is 22.8 Å². The molecule has 3 aromatic rings. The second-order valence-electron chi connectivity index (χ2n) is 6.61. The number of anilines is 1. The summed E-state index contributed by atoms with van der Waals surface area (Å²) in [4.78, 5) is 15.1. The summed E-state index contributed by atoms with van der Waals surface area (Å²) in [5.41, 5.74) is 7.50. The molecule has 26 heavy (non-hydrogen) atoms. The molecule has 1 heterocycles. The molecule has 2 N–H and O–H groups in total. The zero-order valence-electron chi connectivity index (χ0n) is 14.3. The van der Waals surface area contributed by atoms with E-state index in [0.29, 0.717) is 27.8 Å². The maximum atomic E-state index is 13.4. The zero-order valence-corrected chi connectivity index (χ0v) is 15.8. The van der Waals surface area contributed by atoms with E-state index in [4.69, 9.17) is 28.9 Å². The third-order valence-electron chi connectivity index (χ3n) is 4.95. The molecule has 0 radical (unpaired) electrons. The van der Waals surface area contributed by atoms with Crippen molar-refractivity contribution in [1.29, 1.82) is 0 Å². The Hall–Kier alpha value is -2.07. The Bertz CT molecular complexity index is 1030. The Morgan fingerprint density at radius 3 is 2.50 bits per heavy atom. The van der Waals surface area contributed by atoms with Gasteiger partial charge in [-0.1, -0.05) is 66.5 Å². The van der Waals surface area contributed by atoms with Crippen molar-refractivity contribution < 1.29 is 4.79 Å². The minimum Gasteiger partial charge on any atom is -0.310 e. The summed E-state index contributed by atoms with van der Waals surface area (Å²) in [6.45, 7) is 2.58. The van der Waals surface area contributed by atoms with Gasteiger partial charge in [-0.25, -0.2) is 0 Å². The van der Waals surface area contributed by atoms with Gasteiger partial charge in [0.2, 0.25) is 0 Å². The Morgan fingerprint density at radius 2 is 1.77 bits per heavy atom. The lowest BCUT2D eigenvalue weighted by atomic mass is 9.84. The number of hydrogen-bond donors (Lipinski definition) is 1. The maximum absolute atomic E-state index is 13.4. The fraction of sp³-hybridized carbons (Fsp3) is 0.190. The van der Waals surface area contributed by atoms with Gasteiger partial charge in [-0.2, -0.15) is 0 Å². The minimum atomic E-state index is -1.32. The first-order valence-corrected chi connectivity index (χ1v) is 9.32. The normalized spacial score (nSPS) is 19.2. The van der Waals surface area contributed by atoms with Crippen LogP contribution in [0.25, 0.3) is 10.8 Å². The fourth-order valence-corrected chi connectivity index (χ4v) is 4.37. The molecule has 0 aromatic heterocycles. The van der Waals surface area contributed by atoms with Crippen LogP contribution in [0.2, 0.25) is 10.0 Å². The largest absolute Gasteiger partial charge is 0.310 e. The van der Waals surface area contributed by atoms with Crippen molar-refractivity contribution in [2.75, 3.05) is 11.4 Å². The van der Waals surface area contributed by atoms with Crippen LogP contribution in [-0.4, -0.2) is 12.5 Å². The van der Waals surface area contributed by atoms with E-state index in [1.165, 1.54) is 0 Å². The number of halogens is 2. The van der Waals surface area contributed by atoms with Crippen LogP contribution < -0.4 is 10.6 Å². The fourth-order valence-electron chi connectivity index (χ4n) is 3.74. The zero-order chi connectivity index (χ0) is 18.5. The number of rotatable bonds is 3. The van der Waals surface area contributed by atoms with E-state index < -0.39 is 5.54 Å². The van der Waals surface area contributed by atoms with E-state index in [9.17, 15) is 4.79 Å². The predicted molar refractivity (Wildman–Crippen MR) is 108 cm³/mol. The first kappa shape index (κ1) is 17.3. The van der Waals surface area contributed by atoms with Gasteiger partial charge in [-0.15, -0.1) is 0 Å². The van der Waals surface area contributed by atoms with Gasteiger partial charge in [0.05, 0.1) is 10.7 Å². The molecule has 3 nitrogen and oxygen atoms in total. The molecule has 0 saturated carbocycles. The van der Waals surface area contributed by atoms with Crippen LogP contribution in [-0.2, 0) is 10.3 Å². The summed E-state index contributed by atoms with van der Waals surface area (Å²) in [5, 5.41) is 3.03. The second-order valence-corrected chi connectivity index (χ2v) is 7.45. The van der Waals surface area contributed by atoms with Crippen LogP contribution >= 0.6 is 23.2 Å². The molecular weight excluding hydrogens is 367 g/mol. The lowest BCUT2D eigenvalue weighted by Gasteiger charge is -2.25.